The van der Waals surface area contributed by atoms with Crippen molar-refractivity contribution in [3.8, 4) is 0 Å². The van der Waals surface area contributed by atoms with E-state index in [9.17, 15) is 0 Å². The number of aromatic nitrogens is 1. The first-order chi connectivity index (χ1) is 8.10. The van der Waals surface area contributed by atoms with Gasteiger partial charge in [0.15, 0.2) is 5.13 Å². The topological polar surface area (TPSA) is 38.9 Å². The maximum absolute atomic E-state index is 5.77. The standard InChI is InChI=1S/C13H15BrN2S/c1-3-11-12(17-13(15)16-11)7-9-6-8(2)4-5-10(9)14/h4-6H,3,7H2,1-2H3,(H2,15,16). The summed E-state index contributed by atoms with van der Waals surface area (Å²) in [5, 5.41) is 0.667. The molecule has 1 heterocycles. The molecule has 2 rings (SSSR count). The largest absolute Gasteiger partial charge is 0.375 e. The van der Waals surface area contributed by atoms with E-state index >= 15 is 0 Å². The van der Waals surface area contributed by atoms with Crippen molar-refractivity contribution in [2.24, 2.45) is 0 Å². The molecule has 0 aliphatic heterocycles. The summed E-state index contributed by atoms with van der Waals surface area (Å²) in [5.41, 5.74) is 9.47. The third-order valence-corrected chi connectivity index (χ3v) is 4.38. The molecular formula is C13H15BrN2S. The highest BCUT2D eigenvalue weighted by Crippen LogP contribution is 2.27. The molecule has 0 amide bonds. The van der Waals surface area contributed by atoms with Gasteiger partial charge in [-0.25, -0.2) is 4.98 Å². The van der Waals surface area contributed by atoms with Gasteiger partial charge in [-0.1, -0.05) is 40.5 Å². The number of halogens is 1. The molecule has 17 heavy (non-hydrogen) atoms. The molecule has 4 heteroatoms. The molecule has 0 bridgehead atoms. The summed E-state index contributed by atoms with van der Waals surface area (Å²) in [7, 11) is 0. The molecule has 90 valence electrons. The van der Waals surface area contributed by atoms with E-state index in [4.69, 9.17) is 5.73 Å². The fraction of sp³-hybridized carbons (Fsp3) is 0.308. The third kappa shape index (κ3) is 2.87. The Morgan fingerprint density at radius 3 is 2.88 bits per heavy atom. The van der Waals surface area contributed by atoms with Crippen molar-refractivity contribution in [2.45, 2.75) is 26.7 Å². The summed E-state index contributed by atoms with van der Waals surface area (Å²) in [6.45, 7) is 4.22. The van der Waals surface area contributed by atoms with Crippen molar-refractivity contribution in [3.05, 3.63) is 44.4 Å². The van der Waals surface area contributed by atoms with Crippen LogP contribution in [-0.2, 0) is 12.8 Å². The number of nitrogens with two attached hydrogens (primary N) is 1. The Morgan fingerprint density at radius 2 is 2.18 bits per heavy atom. The molecule has 0 radical (unpaired) electrons. The lowest BCUT2D eigenvalue weighted by atomic mass is 10.1. The molecule has 2 N–H and O–H groups in total. The van der Waals surface area contributed by atoms with Crippen LogP contribution >= 0.6 is 27.3 Å². The van der Waals surface area contributed by atoms with E-state index in [2.05, 4.69) is 53.0 Å². The summed E-state index contributed by atoms with van der Waals surface area (Å²) < 4.78 is 1.15. The zero-order valence-corrected chi connectivity index (χ0v) is 12.4. The van der Waals surface area contributed by atoms with Crippen LogP contribution in [0.1, 0.15) is 28.6 Å². The van der Waals surface area contributed by atoms with E-state index in [1.807, 2.05) is 0 Å². The van der Waals surface area contributed by atoms with E-state index in [1.54, 1.807) is 11.3 Å². The lowest BCUT2D eigenvalue weighted by molar-refractivity contribution is 1.02. The number of aryl methyl sites for hydroxylation is 2. The molecule has 2 nitrogen and oxygen atoms in total. The number of rotatable bonds is 3. The first-order valence-electron chi connectivity index (χ1n) is 5.59. The van der Waals surface area contributed by atoms with Gasteiger partial charge in [-0.05, 0) is 25.0 Å². The summed E-state index contributed by atoms with van der Waals surface area (Å²) in [4.78, 5) is 5.63. The number of hydrogen-bond donors (Lipinski definition) is 1. The summed E-state index contributed by atoms with van der Waals surface area (Å²) in [6, 6.07) is 6.41. The first-order valence-corrected chi connectivity index (χ1v) is 7.20. The number of benzene rings is 1. The zero-order valence-electron chi connectivity index (χ0n) is 9.96. The van der Waals surface area contributed by atoms with Gasteiger partial charge in [-0.2, -0.15) is 0 Å². The maximum atomic E-state index is 5.77. The van der Waals surface area contributed by atoms with Crippen molar-refractivity contribution in [1.82, 2.24) is 4.98 Å². The Balaban J connectivity index is 2.33. The average Bonchev–Trinajstić information content (AvgIpc) is 2.64. The zero-order chi connectivity index (χ0) is 12.4. The minimum Gasteiger partial charge on any atom is -0.375 e. The minimum absolute atomic E-state index is 0.667. The fourth-order valence-corrected chi connectivity index (χ4v) is 3.16. The predicted molar refractivity (Wildman–Crippen MR) is 77.6 cm³/mol. The SMILES string of the molecule is CCc1nc(N)sc1Cc1cc(C)ccc1Br. The van der Waals surface area contributed by atoms with Crippen LogP contribution in [0.25, 0.3) is 0 Å². The van der Waals surface area contributed by atoms with E-state index in [-0.39, 0.29) is 0 Å². The second kappa shape index (κ2) is 5.19. The molecule has 1 aromatic heterocycles. The molecule has 0 aliphatic rings. The Labute approximate surface area is 114 Å². The van der Waals surface area contributed by atoms with E-state index in [0.717, 1.165) is 23.0 Å². The van der Waals surface area contributed by atoms with Crippen LogP contribution in [0, 0.1) is 6.92 Å². The highest BCUT2D eigenvalue weighted by molar-refractivity contribution is 9.10. The Kier molecular flexibility index (Phi) is 3.84. The molecule has 2 aromatic rings. The Bertz CT molecular complexity index is 534. The van der Waals surface area contributed by atoms with Gasteiger partial charge in [0, 0.05) is 15.8 Å². The number of nitrogens with zero attached hydrogens (tertiary/aromatic N) is 1. The van der Waals surface area contributed by atoms with Gasteiger partial charge < -0.3 is 5.73 Å². The van der Waals surface area contributed by atoms with Gasteiger partial charge >= 0.3 is 0 Å². The summed E-state index contributed by atoms with van der Waals surface area (Å²) in [6.07, 6.45) is 1.84. The fourth-order valence-electron chi connectivity index (χ4n) is 1.83. The molecule has 0 spiro atoms. The third-order valence-electron chi connectivity index (χ3n) is 2.68. The maximum Gasteiger partial charge on any atom is 0.180 e. The van der Waals surface area contributed by atoms with Gasteiger partial charge in [-0.3, -0.25) is 0 Å². The van der Waals surface area contributed by atoms with E-state index in [1.165, 1.54) is 16.0 Å². The number of nitrogen functional groups attached to an aromatic ring is 1. The highest BCUT2D eigenvalue weighted by Gasteiger charge is 2.10. The smallest absolute Gasteiger partial charge is 0.180 e. The molecule has 0 atom stereocenters. The van der Waals surface area contributed by atoms with E-state index < -0.39 is 0 Å². The van der Waals surface area contributed by atoms with E-state index in [0.29, 0.717) is 5.13 Å². The van der Waals surface area contributed by atoms with Crippen molar-refractivity contribution >= 4 is 32.4 Å². The molecule has 0 unspecified atom stereocenters. The number of thiazole rings is 1. The van der Waals surface area contributed by atoms with Gasteiger partial charge in [0.2, 0.25) is 0 Å². The highest BCUT2D eigenvalue weighted by atomic mass is 79.9. The quantitative estimate of drug-likeness (QED) is 0.932. The predicted octanol–water partition coefficient (Wildman–Crippen LogP) is 3.95. The monoisotopic (exact) mass is 310 g/mol. The molecule has 1 aromatic carbocycles. The number of anilines is 1. The lowest BCUT2D eigenvalue weighted by Gasteiger charge is -2.05. The number of hydrogen-bond acceptors (Lipinski definition) is 3. The Hall–Kier alpha value is -0.870. The normalized spacial score (nSPS) is 10.8. The first kappa shape index (κ1) is 12.6. The van der Waals surface area contributed by atoms with Gasteiger partial charge in [0.1, 0.15) is 0 Å². The van der Waals surface area contributed by atoms with Crippen LogP contribution in [0.15, 0.2) is 22.7 Å². The van der Waals surface area contributed by atoms with Crippen LogP contribution in [0.3, 0.4) is 0 Å². The van der Waals surface area contributed by atoms with Crippen molar-refractivity contribution in [3.63, 3.8) is 0 Å². The average molecular weight is 311 g/mol. The second-order valence-corrected chi connectivity index (χ2v) is 6.02. The van der Waals surface area contributed by atoms with Gasteiger partial charge in [0.25, 0.3) is 0 Å². The molecule has 0 saturated heterocycles. The van der Waals surface area contributed by atoms with Crippen LogP contribution in [-0.4, -0.2) is 4.98 Å². The Morgan fingerprint density at radius 1 is 1.41 bits per heavy atom. The second-order valence-electron chi connectivity index (χ2n) is 4.05. The van der Waals surface area contributed by atoms with Gasteiger partial charge in [0.05, 0.1) is 5.69 Å². The molecule has 0 aliphatic carbocycles. The molecule has 0 saturated carbocycles. The minimum atomic E-state index is 0.667. The lowest BCUT2D eigenvalue weighted by Crippen LogP contribution is -1.93. The summed E-state index contributed by atoms with van der Waals surface area (Å²) in [5.74, 6) is 0. The van der Waals surface area contributed by atoms with Crippen LogP contribution in [0.2, 0.25) is 0 Å². The van der Waals surface area contributed by atoms with Crippen molar-refractivity contribution < 1.29 is 0 Å². The van der Waals surface area contributed by atoms with Gasteiger partial charge in [-0.15, -0.1) is 11.3 Å². The summed E-state index contributed by atoms with van der Waals surface area (Å²) >= 11 is 5.19. The van der Waals surface area contributed by atoms with Crippen molar-refractivity contribution in [1.29, 1.82) is 0 Å². The van der Waals surface area contributed by atoms with Crippen molar-refractivity contribution in [2.75, 3.05) is 5.73 Å². The molecular weight excluding hydrogens is 296 g/mol. The van der Waals surface area contributed by atoms with Crippen LogP contribution in [0.4, 0.5) is 5.13 Å². The van der Waals surface area contributed by atoms with Crippen LogP contribution < -0.4 is 5.73 Å². The van der Waals surface area contributed by atoms with Crippen LogP contribution in [0.5, 0.6) is 0 Å². The molecule has 0 fully saturated rings.